The van der Waals surface area contributed by atoms with Crippen LogP contribution in [0.4, 0.5) is 0 Å². The zero-order chi connectivity index (χ0) is 15.8. The highest BCUT2D eigenvalue weighted by Crippen LogP contribution is 2.07. The summed E-state index contributed by atoms with van der Waals surface area (Å²) in [5.74, 6) is -0.595. The van der Waals surface area contributed by atoms with Crippen LogP contribution in [-0.4, -0.2) is 29.7 Å². The van der Waals surface area contributed by atoms with Crippen molar-refractivity contribution < 1.29 is 14.7 Å². The summed E-state index contributed by atoms with van der Waals surface area (Å²) in [4.78, 5) is 23.3. The maximum absolute atomic E-state index is 11.7. The zero-order valence-electron chi connectivity index (χ0n) is 11.7. The molecule has 0 aliphatic heterocycles. The lowest BCUT2D eigenvalue weighted by Crippen LogP contribution is -2.34. The van der Waals surface area contributed by atoms with Gasteiger partial charge in [0.15, 0.2) is 0 Å². The monoisotopic (exact) mass is 297 g/mol. The highest BCUT2D eigenvalue weighted by molar-refractivity contribution is 5.96. The van der Waals surface area contributed by atoms with E-state index in [1.54, 1.807) is 36.4 Å². The summed E-state index contributed by atoms with van der Waals surface area (Å²) < 4.78 is 0. The van der Waals surface area contributed by atoms with Gasteiger partial charge >= 0.3 is 0 Å². The molecule has 0 unspecified atom stereocenters. The third kappa shape index (κ3) is 4.75. The van der Waals surface area contributed by atoms with Crippen molar-refractivity contribution in [1.29, 1.82) is 0 Å². The lowest BCUT2D eigenvalue weighted by atomic mass is 10.2. The molecule has 2 aromatic rings. The van der Waals surface area contributed by atoms with Crippen LogP contribution in [0.25, 0.3) is 0 Å². The molecule has 0 fully saturated rings. The Bertz CT molecular complexity index is 667. The van der Waals surface area contributed by atoms with Crippen LogP contribution in [0.3, 0.4) is 0 Å². The molecule has 3 N–H and O–H groups in total. The summed E-state index contributed by atoms with van der Waals surface area (Å²) in [6, 6.07) is 15.0. The van der Waals surface area contributed by atoms with Gasteiger partial charge in [0.05, 0.1) is 12.8 Å². The molecule has 22 heavy (non-hydrogen) atoms. The second-order valence-electron chi connectivity index (χ2n) is 4.43. The fourth-order valence-electron chi connectivity index (χ4n) is 1.63. The number of aromatic hydroxyl groups is 1. The van der Waals surface area contributed by atoms with E-state index in [0.29, 0.717) is 5.56 Å². The van der Waals surface area contributed by atoms with Crippen LogP contribution in [0.2, 0.25) is 0 Å². The van der Waals surface area contributed by atoms with Crippen molar-refractivity contribution in [2.24, 2.45) is 5.10 Å². The number of hydrazone groups is 1. The van der Waals surface area contributed by atoms with Crippen LogP contribution < -0.4 is 10.7 Å². The van der Waals surface area contributed by atoms with Crippen LogP contribution in [0.15, 0.2) is 59.7 Å². The Morgan fingerprint density at radius 2 is 1.73 bits per heavy atom. The molecule has 2 aromatic carbocycles. The van der Waals surface area contributed by atoms with E-state index >= 15 is 0 Å². The number of rotatable bonds is 5. The first-order valence-electron chi connectivity index (χ1n) is 6.59. The lowest BCUT2D eigenvalue weighted by Gasteiger charge is -2.03. The number of nitrogens with one attached hydrogen (secondary N) is 2. The van der Waals surface area contributed by atoms with Gasteiger partial charge in [-0.05, 0) is 42.0 Å². The van der Waals surface area contributed by atoms with Crippen molar-refractivity contribution in [3.63, 3.8) is 0 Å². The third-order valence-electron chi connectivity index (χ3n) is 2.74. The number of benzene rings is 2. The molecule has 0 heterocycles. The molecule has 6 nitrogen and oxygen atoms in total. The smallest absolute Gasteiger partial charge is 0.259 e. The Labute approximate surface area is 127 Å². The highest BCUT2D eigenvalue weighted by atomic mass is 16.3. The highest BCUT2D eigenvalue weighted by Gasteiger charge is 2.06. The average Bonchev–Trinajstić information content (AvgIpc) is 2.55. The Balaban J connectivity index is 1.76. The van der Waals surface area contributed by atoms with E-state index in [0.717, 1.165) is 5.56 Å². The molecule has 0 radical (unpaired) electrons. The van der Waals surface area contributed by atoms with Gasteiger partial charge in [0, 0.05) is 5.56 Å². The Morgan fingerprint density at radius 1 is 1.05 bits per heavy atom. The minimum absolute atomic E-state index is 0.157. The van der Waals surface area contributed by atoms with Gasteiger partial charge in [-0.1, -0.05) is 18.2 Å². The molecule has 0 saturated carbocycles. The van der Waals surface area contributed by atoms with Gasteiger partial charge in [0.1, 0.15) is 5.75 Å². The molecule has 112 valence electrons. The predicted molar refractivity (Wildman–Crippen MR) is 82.6 cm³/mol. The number of carbonyl (C=O) groups is 2. The molecular weight excluding hydrogens is 282 g/mol. The maximum atomic E-state index is 11.7. The van der Waals surface area contributed by atoms with Crippen molar-refractivity contribution in [2.75, 3.05) is 6.54 Å². The van der Waals surface area contributed by atoms with Crippen molar-refractivity contribution >= 4 is 18.0 Å². The molecule has 0 spiro atoms. The van der Waals surface area contributed by atoms with Crippen molar-refractivity contribution in [2.45, 2.75) is 0 Å². The molecule has 0 aromatic heterocycles. The van der Waals surface area contributed by atoms with Crippen molar-refractivity contribution in [3.05, 3.63) is 65.7 Å². The van der Waals surface area contributed by atoms with E-state index in [9.17, 15) is 9.59 Å². The van der Waals surface area contributed by atoms with Gasteiger partial charge in [0.2, 0.25) is 0 Å². The lowest BCUT2D eigenvalue weighted by molar-refractivity contribution is -0.120. The SMILES string of the molecule is O=C(CNC(=O)c1ccccc1)NN=Cc1ccc(O)cc1. The normalized spacial score (nSPS) is 10.4. The van der Waals surface area contributed by atoms with Gasteiger partial charge in [0.25, 0.3) is 11.8 Å². The van der Waals surface area contributed by atoms with E-state index in [-0.39, 0.29) is 18.2 Å². The fraction of sp³-hybridized carbons (Fsp3) is 0.0625. The van der Waals surface area contributed by atoms with E-state index in [1.165, 1.54) is 18.3 Å². The summed E-state index contributed by atoms with van der Waals surface area (Å²) >= 11 is 0. The number of nitrogens with zero attached hydrogens (tertiary/aromatic N) is 1. The fourth-order valence-corrected chi connectivity index (χ4v) is 1.63. The molecule has 0 bridgehead atoms. The Morgan fingerprint density at radius 3 is 2.41 bits per heavy atom. The standard InChI is InChI=1S/C16H15N3O3/c20-14-8-6-12(7-9-14)10-18-19-15(21)11-17-16(22)13-4-2-1-3-5-13/h1-10,20H,11H2,(H,17,22)(H,19,21). The number of carbonyl (C=O) groups excluding carboxylic acids is 2. The van der Waals surface area contributed by atoms with Crippen LogP contribution >= 0.6 is 0 Å². The summed E-state index contributed by atoms with van der Waals surface area (Å²) in [5.41, 5.74) is 3.52. The molecule has 2 rings (SSSR count). The number of phenolic OH excluding ortho intramolecular Hbond substituents is 1. The van der Waals surface area contributed by atoms with Gasteiger partial charge in [-0.3, -0.25) is 9.59 Å². The van der Waals surface area contributed by atoms with E-state index in [1.807, 2.05) is 6.07 Å². The predicted octanol–water partition coefficient (Wildman–Crippen LogP) is 1.27. The van der Waals surface area contributed by atoms with E-state index in [4.69, 9.17) is 5.11 Å². The van der Waals surface area contributed by atoms with Gasteiger partial charge < -0.3 is 10.4 Å². The van der Waals surface area contributed by atoms with E-state index < -0.39 is 5.91 Å². The molecule has 0 aliphatic rings. The summed E-state index contributed by atoms with van der Waals surface area (Å²) in [6.07, 6.45) is 1.44. The molecule has 0 atom stereocenters. The van der Waals surface area contributed by atoms with Crippen LogP contribution in [-0.2, 0) is 4.79 Å². The number of amides is 2. The quantitative estimate of drug-likeness (QED) is 0.573. The van der Waals surface area contributed by atoms with Crippen LogP contribution in [0.1, 0.15) is 15.9 Å². The topological polar surface area (TPSA) is 90.8 Å². The first-order chi connectivity index (χ1) is 10.6. The second-order valence-corrected chi connectivity index (χ2v) is 4.43. The first kappa shape index (κ1) is 15.2. The largest absolute Gasteiger partial charge is 0.508 e. The van der Waals surface area contributed by atoms with Gasteiger partial charge in [-0.25, -0.2) is 5.43 Å². The number of phenols is 1. The van der Waals surface area contributed by atoms with Crippen molar-refractivity contribution in [3.8, 4) is 5.75 Å². The van der Waals surface area contributed by atoms with Crippen LogP contribution in [0.5, 0.6) is 5.75 Å². The molecule has 0 aliphatic carbocycles. The summed E-state index contributed by atoms with van der Waals surface area (Å²) in [6.45, 7) is -0.166. The zero-order valence-corrected chi connectivity index (χ0v) is 11.7. The molecule has 2 amide bonds. The van der Waals surface area contributed by atoms with Gasteiger partial charge in [-0.2, -0.15) is 5.10 Å². The summed E-state index contributed by atoms with van der Waals surface area (Å²) in [5, 5.41) is 15.4. The average molecular weight is 297 g/mol. The Hall–Kier alpha value is -3.15. The summed E-state index contributed by atoms with van der Waals surface area (Å²) in [7, 11) is 0. The second kappa shape index (κ2) is 7.58. The number of hydrogen-bond acceptors (Lipinski definition) is 4. The minimum atomic E-state index is -0.431. The minimum Gasteiger partial charge on any atom is -0.508 e. The molecular formula is C16H15N3O3. The molecule has 6 heteroatoms. The number of hydrogen-bond donors (Lipinski definition) is 3. The van der Waals surface area contributed by atoms with Gasteiger partial charge in [-0.15, -0.1) is 0 Å². The van der Waals surface area contributed by atoms with Crippen LogP contribution in [0, 0.1) is 0 Å². The molecule has 0 saturated heterocycles. The van der Waals surface area contributed by atoms with E-state index in [2.05, 4.69) is 15.8 Å². The third-order valence-corrected chi connectivity index (χ3v) is 2.74. The Kier molecular flexibility index (Phi) is 5.25. The van der Waals surface area contributed by atoms with Crippen molar-refractivity contribution in [1.82, 2.24) is 10.7 Å². The maximum Gasteiger partial charge on any atom is 0.259 e. The first-order valence-corrected chi connectivity index (χ1v) is 6.59.